The number of likely N-dealkylation sites (tertiary alicyclic amines) is 2. The highest BCUT2D eigenvalue weighted by molar-refractivity contribution is 7.20. The molecule has 9 heteroatoms. The van der Waals surface area contributed by atoms with E-state index in [2.05, 4.69) is 47.4 Å². The number of amides is 1. The molecule has 2 fully saturated rings. The standard InChI is InChI=1S/C32H31FN2OS.C4H4O4/c33-28-12-10-24(11-13-28)31(30-21-26-7-1-2-9-29(26)37-30)25-14-18-34(19-15-25)22-23-6-5-8-27(20-23)32(36)35-16-3-4-17-35;5-3(6)1-2-4(7)8/h1-2,5-13,20-21H,3-4,14-19,22H2;1-2H,(H,5,6)(H,7,8). The Morgan fingerprint density at radius 2 is 1.44 bits per heavy atom. The molecule has 0 radical (unpaired) electrons. The van der Waals surface area contributed by atoms with E-state index >= 15 is 0 Å². The molecular formula is C36H35FN2O5S. The first-order valence-electron chi connectivity index (χ1n) is 15.0. The summed E-state index contributed by atoms with van der Waals surface area (Å²) in [6.07, 6.45) is 5.29. The summed E-state index contributed by atoms with van der Waals surface area (Å²) in [6.45, 7) is 4.54. The topological polar surface area (TPSA) is 98.1 Å². The Bertz CT molecular complexity index is 1680. The van der Waals surface area contributed by atoms with Crippen LogP contribution in [0.1, 0.15) is 52.0 Å². The Hall–Kier alpha value is -4.60. The van der Waals surface area contributed by atoms with Crippen molar-refractivity contribution in [2.24, 2.45) is 0 Å². The number of carboxylic acid groups (broad SMARTS) is 2. The molecule has 6 rings (SSSR count). The molecule has 2 saturated heterocycles. The lowest BCUT2D eigenvalue weighted by Crippen LogP contribution is -2.31. The van der Waals surface area contributed by atoms with Gasteiger partial charge < -0.3 is 15.1 Å². The Kier molecular flexibility index (Phi) is 10.5. The second kappa shape index (κ2) is 14.9. The van der Waals surface area contributed by atoms with E-state index in [1.807, 2.05) is 40.5 Å². The molecule has 0 atom stereocenters. The van der Waals surface area contributed by atoms with E-state index in [0.29, 0.717) is 12.2 Å². The Morgan fingerprint density at radius 3 is 2.09 bits per heavy atom. The van der Waals surface area contributed by atoms with Crippen molar-refractivity contribution in [2.45, 2.75) is 32.2 Å². The highest BCUT2D eigenvalue weighted by Crippen LogP contribution is 2.38. The minimum absolute atomic E-state index is 0.162. The summed E-state index contributed by atoms with van der Waals surface area (Å²) in [6, 6.07) is 25.9. The molecule has 0 bridgehead atoms. The van der Waals surface area contributed by atoms with Gasteiger partial charge in [-0.3, -0.25) is 9.69 Å². The number of carbonyl (C=O) groups is 3. The molecule has 2 aliphatic heterocycles. The first kappa shape index (κ1) is 31.8. The van der Waals surface area contributed by atoms with Crippen molar-refractivity contribution in [3.05, 3.63) is 124 Å². The normalized spacial score (nSPS) is 15.2. The summed E-state index contributed by atoms with van der Waals surface area (Å²) in [4.78, 5) is 37.7. The number of aliphatic carboxylic acids is 2. The van der Waals surface area contributed by atoms with Crippen molar-refractivity contribution in [3.8, 4) is 0 Å². The van der Waals surface area contributed by atoms with Crippen LogP contribution >= 0.6 is 11.3 Å². The highest BCUT2D eigenvalue weighted by atomic mass is 32.1. The smallest absolute Gasteiger partial charge is 0.328 e. The lowest BCUT2D eigenvalue weighted by Gasteiger charge is -2.30. The van der Waals surface area contributed by atoms with Gasteiger partial charge in [-0.1, -0.05) is 48.0 Å². The minimum atomic E-state index is -1.26. The lowest BCUT2D eigenvalue weighted by atomic mass is 9.91. The lowest BCUT2D eigenvalue weighted by molar-refractivity contribution is -0.134. The Labute approximate surface area is 265 Å². The summed E-state index contributed by atoms with van der Waals surface area (Å²) in [7, 11) is 0. The van der Waals surface area contributed by atoms with Gasteiger partial charge in [0, 0.05) is 60.0 Å². The molecule has 0 saturated carbocycles. The molecule has 232 valence electrons. The minimum Gasteiger partial charge on any atom is -0.478 e. The van der Waals surface area contributed by atoms with Crippen molar-refractivity contribution >= 4 is 44.8 Å². The zero-order chi connectivity index (χ0) is 31.8. The number of hydrogen-bond donors (Lipinski definition) is 2. The number of benzene rings is 3. The third kappa shape index (κ3) is 8.53. The monoisotopic (exact) mass is 626 g/mol. The van der Waals surface area contributed by atoms with Crippen LogP contribution in [0.25, 0.3) is 15.7 Å². The van der Waals surface area contributed by atoms with Crippen LogP contribution in [-0.2, 0) is 16.1 Å². The highest BCUT2D eigenvalue weighted by Gasteiger charge is 2.22. The van der Waals surface area contributed by atoms with Gasteiger partial charge in [0.25, 0.3) is 5.91 Å². The van der Waals surface area contributed by atoms with Crippen LogP contribution in [0.3, 0.4) is 0 Å². The van der Waals surface area contributed by atoms with Gasteiger partial charge in [-0.15, -0.1) is 11.3 Å². The van der Waals surface area contributed by atoms with Gasteiger partial charge in [0.05, 0.1) is 0 Å². The number of carbonyl (C=O) groups excluding carboxylic acids is 1. The fraction of sp³-hybridized carbons (Fsp3) is 0.250. The summed E-state index contributed by atoms with van der Waals surface area (Å²) in [5.74, 6) is -2.56. The number of hydrogen-bond acceptors (Lipinski definition) is 5. The van der Waals surface area contributed by atoms with Gasteiger partial charge in [0.2, 0.25) is 0 Å². The van der Waals surface area contributed by atoms with Gasteiger partial charge in [-0.25, -0.2) is 14.0 Å². The number of fused-ring (bicyclic) bond motifs is 1. The SMILES string of the molecule is O=C(O)C=CC(=O)O.O=C(c1cccc(CN2CCC(=C(c3ccc(F)cc3)c3cc4ccccc4s3)CC2)c1)N1CCCC1. The van der Waals surface area contributed by atoms with Crippen molar-refractivity contribution in [2.75, 3.05) is 26.2 Å². The fourth-order valence-corrected chi connectivity index (χ4v) is 6.96. The Morgan fingerprint density at radius 1 is 0.778 bits per heavy atom. The maximum Gasteiger partial charge on any atom is 0.328 e. The van der Waals surface area contributed by atoms with E-state index in [-0.39, 0.29) is 11.7 Å². The maximum atomic E-state index is 13.7. The molecule has 2 aliphatic rings. The predicted octanol–water partition coefficient (Wildman–Crippen LogP) is 7.09. The van der Waals surface area contributed by atoms with Gasteiger partial charge in [0.15, 0.2) is 0 Å². The van der Waals surface area contributed by atoms with E-state index in [4.69, 9.17) is 10.2 Å². The molecule has 2 N–H and O–H groups in total. The zero-order valence-electron chi connectivity index (χ0n) is 24.8. The summed E-state index contributed by atoms with van der Waals surface area (Å²) < 4.78 is 15.0. The summed E-state index contributed by atoms with van der Waals surface area (Å²) >= 11 is 1.81. The molecule has 3 aromatic carbocycles. The fourth-order valence-electron chi connectivity index (χ4n) is 5.78. The maximum absolute atomic E-state index is 13.7. The molecule has 1 amide bonds. The van der Waals surface area contributed by atoms with Crippen LogP contribution in [0.4, 0.5) is 4.39 Å². The predicted molar refractivity (Wildman–Crippen MR) is 175 cm³/mol. The molecule has 4 aromatic rings. The Balaban J connectivity index is 0.000000444. The van der Waals surface area contributed by atoms with E-state index in [1.54, 1.807) is 12.1 Å². The molecule has 45 heavy (non-hydrogen) atoms. The van der Waals surface area contributed by atoms with E-state index < -0.39 is 11.9 Å². The summed E-state index contributed by atoms with van der Waals surface area (Å²) in [5.41, 5.74) is 5.79. The molecular weight excluding hydrogens is 591 g/mol. The van der Waals surface area contributed by atoms with Crippen LogP contribution in [0.2, 0.25) is 0 Å². The van der Waals surface area contributed by atoms with Crippen molar-refractivity contribution in [1.82, 2.24) is 9.80 Å². The zero-order valence-corrected chi connectivity index (χ0v) is 25.6. The van der Waals surface area contributed by atoms with Crippen molar-refractivity contribution < 1.29 is 29.0 Å². The van der Waals surface area contributed by atoms with Crippen LogP contribution in [-0.4, -0.2) is 64.0 Å². The molecule has 0 aliphatic carbocycles. The number of carboxylic acids is 2. The second-order valence-electron chi connectivity index (χ2n) is 11.1. The number of nitrogens with zero attached hydrogens (tertiary/aromatic N) is 2. The van der Waals surface area contributed by atoms with Gasteiger partial charge in [-0.05, 0) is 84.2 Å². The third-order valence-electron chi connectivity index (χ3n) is 7.96. The van der Waals surface area contributed by atoms with Crippen LogP contribution in [0.5, 0.6) is 0 Å². The van der Waals surface area contributed by atoms with Crippen molar-refractivity contribution in [3.63, 3.8) is 0 Å². The first-order valence-corrected chi connectivity index (χ1v) is 15.8. The average molecular weight is 627 g/mol. The first-order chi connectivity index (χ1) is 21.8. The quantitative estimate of drug-likeness (QED) is 0.213. The largest absolute Gasteiger partial charge is 0.478 e. The molecule has 1 aromatic heterocycles. The number of rotatable bonds is 7. The van der Waals surface area contributed by atoms with Gasteiger partial charge in [-0.2, -0.15) is 0 Å². The number of halogens is 1. The van der Waals surface area contributed by atoms with Gasteiger partial charge in [0.1, 0.15) is 5.82 Å². The van der Waals surface area contributed by atoms with Crippen LogP contribution in [0, 0.1) is 5.82 Å². The average Bonchev–Trinajstić information content (AvgIpc) is 3.73. The molecule has 0 unspecified atom stereocenters. The number of piperidine rings is 1. The van der Waals surface area contributed by atoms with Crippen molar-refractivity contribution in [1.29, 1.82) is 0 Å². The van der Waals surface area contributed by atoms with Crippen LogP contribution < -0.4 is 0 Å². The number of thiophene rings is 1. The molecule has 7 nitrogen and oxygen atoms in total. The van der Waals surface area contributed by atoms with Crippen LogP contribution in [0.15, 0.2) is 96.6 Å². The van der Waals surface area contributed by atoms with E-state index in [9.17, 15) is 18.8 Å². The molecule has 0 spiro atoms. The third-order valence-corrected chi connectivity index (χ3v) is 9.09. The van der Waals surface area contributed by atoms with Gasteiger partial charge >= 0.3 is 11.9 Å². The summed E-state index contributed by atoms with van der Waals surface area (Å²) in [5, 5.41) is 16.9. The second-order valence-corrected chi connectivity index (χ2v) is 12.2. The molecule has 3 heterocycles. The van der Waals surface area contributed by atoms with E-state index in [0.717, 1.165) is 69.5 Å². The van der Waals surface area contributed by atoms with E-state index in [1.165, 1.54) is 31.7 Å².